The average molecular weight is 267 g/mol. The van der Waals surface area contributed by atoms with Crippen LogP contribution in [0.2, 0.25) is 0 Å². The molecule has 0 heterocycles. The first-order valence-corrected chi connectivity index (χ1v) is 7.78. The molecule has 1 aromatic rings. The van der Waals surface area contributed by atoms with Crippen molar-refractivity contribution >= 4 is 15.6 Å². The van der Waals surface area contributed by atoms with Crippen molar-refractivity contribution in [3.8, 4) is 0 Å². The lowest BCUT2D eigenvalue weighted by molar-refractivity contribution is 0.0993. The molecule has 98 valence electrons. The van der Waals surface area contributed by atoms with E-state index in [0.29, 0.717) is 18.4 Å². The molecule has 4 nitrogen and oxygen atoms in total. The Morgan fingerprint density at radius 1 is 1.28 bits per heavy atom. The van der Waals surface area contributed by atoms with E-state index in [0.717, 1.165) is 5.56 Å². The lowest BCUT2D eigenvalue weighted by Crippen LogP contribution is -2.20. The van der Waals surface area contributed by atoms with Crippen LogP contribution in [0.25, 0.3) is 0 Å². The molecule has 0 aliphatic heterocycles. The molecule has 18 heavy (non-hydrogen) atoms. The fourth-order valence-corrected chi connectivity index (χ4v) is 3.62. The average Bonchev–Trinajstić information content (AvgIpc) is 3.10. The number of ketones is 1. The van der Waals surface area contributed by atoms with Gasteiger partial charge in [-0.1, -0.05) is 24.3 Å². The zero-order valence-corrected chi connectivity index (χ0v) is 11.4. The first kappa shape index (κ1) is 13.2. The molecule has 5 heteroatoms. The number of likely N-dealkylation sites (N-methyl/N-ethyl adjacent to an activating group) is 1. The quantitative estimate of drug-likeness (QED) is 0.812. The molecule has 0 radical (unpaired) electrons. The van der Waals surface area contributed by atoms with Crippen molar-refractivity contribution < 1.29 is 13.2 Å². The zero-order chi connectivity index (χ0) is 13.4. The fourth-order valence-electron chi connectivity index (χ4n) is 2.21. The number of sulfone groups is 1. The third kappa shape index (κ3) is 2.20. The highest BCUT2D eigenvalue weighted by atomic mass is 32.2. The minimum Gasteiger partial charge on any atom is -0.313 e. The summed E-state index contributed by atoms with van der Waals surface area (Å²) in [6, 6.07) is 6.94. The minimum absolute atomic E-state index is 0.00764. The van der Waals surface area contributed by atoms with Gasteiger partial charge in [-0.2, -0.15) is 0 Å². The molecule has 0 amide bonds. The molecule has 1 aliphatic rings. The van der Waals surface area contributed by atoms with Gasteiger partial charge in [0.2, 0.25) is 0 Å². The Hall–Kier alpha value is -1.20. The number of hydrogen-bond donors (Lipinski definition) is 1. The first-order valence-electron chi connectivity index (χ1n) is 5.89. The second kappa shape index (κ2) is 4.48. The van der Waals surface area contributed by atoms with Crippen molar-refractivity contribution in [2.24, 2.45) is 0 Å². The summed E-state index contributed by atoms with van der Waals surface area (Å²) >= 11 is 0. The molecule has 0 atom stereocenters. The van der Waals surface area contributed by atoms with E-state index in [2.05, 4.69) is 5.32 Å². The molecule has 1 N–H and O–H groups in total. The molecule has 1 fully saturated rings. The summed E-state index contributed by atoms with van der Waals surface area (Å²) in [7, 11) is -1.37. The van der Waals surface area contributed by atoms with Crippen molar-refractivity contribution in [3.63, 3.8) is 0 Å². The maximum atomic E-state index is 11.8. The highest BCUT2D eigenvalue weighted by molar-refractivity contribution is 7.92. The standard InChI is InChI=1S/C13H17NO3S/c1-14-9-12(15)10-3-5-11(6-4-10)13(7-8-13)18(2,16)17/h3-6,14H,7-9H2,1-2H3. The SMILES string of the molecule is CNCC(=O)c1ccc(C2(S(C)(=O)=O)CC2)cc1. The first-order chi connectivity index (χ1) is 8.40. The van der Waals surface area contributed by atoms with Crippen LogP contribution in [-0.2, 0) is 14.6 Å². The summed E-state index contributed by atoms with van der Waals surface area (Å²) in [5, 5.41) is 2.80. The van der Waals surface area contributed by atoms with Crippen molar-refractivity contribution in [1.82, 2.24) is 5.32 Å². The van der Waals surface area contributed by atoms with Gasteiger partial charge < -0.3 is 5.32 Å². The van der Waals surface area contributed by atoms with E-state index in [1.807, 2.05) is 0 Å². The smallest absolute Gasteiger partial charge is 0.176 e. The highest BCUT2D eigenvalue weighted by Crippen LogP contribution is 2.52. The van der Waals surface area contributed by atoms with Crippen LogP contribution in [0.4, 0.5) is 0 Å². The summed E-state index contributed by atoms with van der Waals surface area (Å²) in [5.74, 6) is 0.00764. The molecule has 0 unspecified atom stereocenters. The molecule has 1 aliphatic carbocycles. The Bertz CT molecular complexity index is 556. The van der Waals surface area contributed by atoms with Crippen molar-refractivity contribution in [3.05, 3.63) is 35.4 Å². The molecule has 1 saturated carbocycles. The lowest BCUT2D eigenvalue weighted by Gasteiger charge is -2.13. The van der Waals surface area contributed by atoms with Gasteiger partial charge in [0.1, 0.15) is 0 Å². The maximum absolute atomic E-state index is 11.8. The number of nitrogens with one attached hydrogen (secondary N) is 1. The Kier molecular flexibility index (Phi) is 3.29. The van der Waals surface area contributed by atoms with Gasteiger partial charge in [0.25, 0.3) is 0 Å². The van der Waals surface area contributed by atoms with Gasteiger partial charge in [-0.15, -0.1) is 0 Å². The second-order valence-corrected chi connectivity index (χ2v) is 7.12. The van der Waals surface area contributed by atoms with Gasteiger partial charge in [-0.25, -0.2) is 8.42 Å². The molecule has 0 spiro atoms. The molecule has 2 rings (SSSR count). The van der Waals surface area contributed by atoms with E-state index in [-0.39, 0.29) is 12.3 Å². The van der Waals surface area contributed by atoms with Crippen LogP contribution in [0.3, 0.4) is 0 Å². The fraction of sp³-hybridized carbons (Fsp3) is 0.462. The molecule has 0 bridgehead atoms. The van der Waals surface area contributed by atoms with Gasteiger partial charge in [-0.05, 0) is 25.5 Å². The minimum atomic E-state index is -3.08. The highest BCUT2D eigenvalue weighted by Gasteiger charge is 2.53. The van der Waals surface area contributed by atoms with Gasteiger partial charge in [-0.3, -0.25) is 4.79 Å². The monoisotopic (exact) mass is 267 g/mol. The Morgan fingerprint density at radius 3 is 2.22 bits per heavy atom. The normalized spacial score (nSPS) is 17.4. The molecule has 0 aromatic heterocycles. The summed E-state index contributed by atoms with van der Waals surface area (Å²) in [6.45, 7) is 0.288. The number of rotatable bonds is 5. The van der Waals surface area contributed by atoms with Crippen LogP contribution in [0.5, 0.6) is 0 Å². The predicted molar refractivity (Wildman–Crippen MR) is 70.5 cm³/mol. The van der Waals surface area contributed by atoms with Crippen LogP contribution >= 0.6 is 0 Å². The van der Waals surface area contributed by atoms with E-state index < -0.39 is 14.6 Å². The van der Waals surface area contributed by atoms with Crippen LogP contribution in [-0.4, -0.2) is 34.0 Å². The number of carbonyl (C=O) groups excluding carboxylic acids is 1. The van der Waals surface area contributed by atoms with Gasteiger partial charge in [0.15, 0.2) is 15.6 Å². The summed E-state index contributed by atoms with van der Waals surface area (Å²) in [4.78, 5) is 11.6. The summed E-state index contributed by atoms with van der Waals surface area (Å²) in [5.41, 5.74) is 1.41. The topological polar surface area (TPSA) is 63.2 Å². The molecular weight excluding hydrogens is 250 g/mol. The third-order valence-corrected chi connectivity index (χ3v) is 5.55. The van der Waals surface area contributed by atoms with Crippen LogP contribution in [0, 0.1) is 0 Å². The van der Waals surface area contributed by atoms with E-state index in [1.54, 1.807) is 31.3 Å². The number of hydrogen-bond acceptors (Lipinski definition) is 4. The number of Topliss-reactive ketones (excluding diaryl/α,β-unsaturated/α-hetero) is 1. The van der Waals surface area contributed by atoms with Crippen LogP contribution in [0.1, 0.15) is 28.8 Å². The Labute approximate surface area is 107 Å². The Balaban J connectivity index is 2.27. The molecule has 0 saturated heterocycles. The van der Waals surface area contributed by atoms with Crippen LogP contribution < -0.4 is 5.32 Å². The van der Waals surface area contributed by atoms with Crippen molar-refractivity contribution in [2.45, 2.75) is 17.6 Å². The third-order valence-electron chi connectivity index (χ3n) is 3.48. The number of carbonyl (C=O) groups is 1. The van der Waals surface area contributed by atoms with E-state index >= 15 is 0 Å². The van der Waals surface area contributed by atoms with E-state index in [4.69, 9.17) is 0 Å². The van der Waals surface area contributed by atoms with Gasteiger partial charge >= 0.3 is 0 Å². The largest absolute Gasteiger partial charge is 0.313 e. The second-order valence-electron chi connectivity index (χ2n) is 4.80. The van der Waals surface area contributed by atoms with Gasteiger partial charge in [0.05, 0.1) is 11.3 Å². The Morgan fingerprint density at radius 2 is 1.83 bits per heavy atom. The van der Waals surface area contributed by atoms with E-state index in [9.17, 15) is 13.2 Å². The zero-order valence-electron chi connectivity index (χ0n) is 10.6. The molecule has 1 aromatic carbocycles. The molecular formula is C13H17NO3S. The van der Waals surface area contributed by atoms with Gasteiger partial charge in [0, 0.05) is 11.8 Å². The maximum Gasteiger partial charge on any atom is 0.176 e. The summed E-state index contributed by atoms with van der Waals surface area (Å²) in [6.07, 6.45) is 2.63. The summed E-state index contributed by atoms with van der Waals surface area (Å²) < 4.78 is 22.8. The predicted octanol–water partition coefficient (Wildman–Crippen LogP) is 1.12. The van der Waals surface area contributed by atoms with Crippen molar-refractivity contribution in [1.29, 1.82) is 0 Å². The van der Waals surface area contributed by atoms with Crippen molar-refractivity contribution in [2.75, 3.05) is 19.8 Å². The van der Waals surface area contributed by atoms with E-state index in [1.165, 1.54) is 6.26 Å². The lowest BCUT2D eigenvalue weighted by atomic mass is 10.1. The number of benzene rings is 1. The van der Waals surface area contributed by atoms with Crippen LogP contribution in [0.15, 0.2) is 24.3 Å².